The molecule has 0 atom stereocenters. The molecule has 128 valence electrons. The number of para-hydroxylation sites is 1. The van der Waals surface area contributed by atoms with Crippen LogP contribution < -0.4 is 14.8 Å². The van der Waals surface area contributed by atoms with Gasteiger partial charge in [-0.2, -0.15) is 0 Å². The Balaban J connectivity index is 2.37. The van der Waals surface area contributed by atoms with Gasteiger partial charge in [0.05, 0.1) is 25.3 Å². The molecule has 5 heteroatoms. The fourth-order valence-corrected chi connectivity index (χ4v) is 2.65. The summed E-state index contributed by atoms with van der Waals surface area (Å²) in [6.07, 6.45) is 0. The average molecular weight is 348 g/mol. The molecule has 0 unspecified atom stereocenters. The van der Waals surface area contributed by atoms with E-state index in [0.29, 0.717) is 22.2 Å². The number of hydrogen-bond donors (Lipinski definition) is 1. The minimum atomic E-state index is -0.787. The minimum Gasteiger partial charge on any atom is -0.496 e. The molecule has 0 aliphatic heterocycles. The van der Waals surface area contributed by atoms with Gasteiger partial charge in [0, 0.05) is 16.7 Å². The first kappa shape index (κ1) is 18.1. The fraction of sp³-hybridized carbons (Fsp3) is 0.316. The van der Waals surface area contributed by atoms with Gasteiger partial charge in [0.1, 0.15) is 11.5 Å². The summed E-state index contributed by atoms with van der Waals surface area (Å²) in [5.41, 5.74) is 1.48. The Morgan fingerprint density at radius 3 is 2.33 bits per heavy atom. The van der Waals surface area contributed by atoms with Crippen LogP contribution in [-0.2, 0) is 10.2 Å². The summed E-state index contributed by atoms with van der Waals surface area (Å²) in [7, 11) is 3.14. The van der Waals surface area contributed by atoms with Crippen LogP contribution in [0.3, 0.4) is 0 Å². The maximum Gasteiger partial charge on any atom is 0.234 e. The summed E-state index contributed by atoms with van der Waals surface area (Å²) in [4.78, 5) is 12.9. The second-order valence-corrected chi connectivity index (χ2v) is 6.49. The summed E-state index contributed by atoms with van der Waals surface area (Å²) in [5, 5.41) is 3.53. The lowest BCUT2D eigenvalue weighted by molar-refractivity contribution is -0.120. The summed E-state index contributed by atoms with van der Waals surface area (Å²) in [6, 6.07) is 11.0. The van der Waals surface area contributed by atoms with Gasteiger partial charge in [0.25, 0.3) is 0 Å². The zero-order valence-electron chi connectivity index (χ0n) is 14.6. The molecular formula is C19H22ClNO3. The smallest absolute Gasteiger partial charge is 0.234 e. The number of hydrogen-bond acceptors (Lipinski definition) is 3. The first-order valence-electron chi connectivity index (χ1n) is 7.60. The monoisotopic (exact) mass is 347 g/mol. The van der Waals surface area contributed by atoms with Crippen molar-refractivity contribution in [2.75, 3.05) is 19.5 Å². The SMILES string of the molecule is COc1cc(Cl)c(C)cc1NC(=O)C(C)(C)c1ccccc1OC. The molecule has 1 amide bonds. The number of rotatable bonds is 5. The van der Waals surface area contributed by atoms with E-state index in [0.717, 1.165) is 11.1 Å². The molecule has 24 heavy (non-hydrogen) atoms. The Morgan fingerprint density at radius 1 is 1.08 bits per heavy atom. The van der Waals surface area contributed by atoms with Crippen LogP contribution in [0, 0.1) is 6.92 Å². The van der Waals surface area contributed by atoms with E-state index in [1.807, 2.05) is 45.0 Å². The number of aryl methyl sites for hydroxylation is 1. The standard InChI is InChI=1S/C19H22ClNO3/c1-12-10-15(17(24-5)11-14(12)20)21-18(22)19(2,3)13-8-6-7-9-16(13)23-4/h6-11H,1-5H3,(H,21,22). The second kappa shape index (κ2) is 7.14. The van der Waals surface area contributed by atoms with Crippen molar-refractivity contribution >= 4 is 23.2 Å². The van der Waals surface area contributed by atoms with Crippen LogP contribution in [0.5, 0.6) is 11.5 Å². The highest BCUT2D eigenvalue weighted by atomic mass is 35.5. The first-order valence-corrected chi connectivity index (χ1v) is 7.98. The van der Waals surface area contributed by atoms with Crippen LogP contribution in [0.1, 0.15) is 25.0 Å². The quantitative estimate of drug-likeness (QED) is 0.861. The van der Waals surface area contributed by atoms with E-state index < -0.39 is 5.41 Å². The number of carbonyl (C=O) groups is 1. The number of methoxy groups -OCH3 is 2. The number of amides is 1. The molecule has 0 aromatic heterocycles. The number of anilines is 1. The normalized spacial score (nSPS) is 11.1. The Labute approximate surface area is 147 Å². The maximum atomic E-state index is 12.9. The van der Waals surface area contributed by atoms with Crippen molar-refractivity contribution in [2.24, 2.45) is 0 Å². The molecule has 0 spiro atoms. The van der Waals surface area contributed by atoms with Gasteiger partial charge >= 0.3 is 0 Å². The van der Waals surface area contributed by atoms with Gasteiger partial charge < -0.3 is 14.8 Å². The number of ether oxygens (including phenoxy) is 2. The second-order valence-electron chi connectivity index (χ2n) is 6.08. The Bertz CT molecular complexity index is 756. The molecule has 0 saturated carbocycles. The number of benzene rings is 2. The van der Waals surface area contributed by atoms with Gasteiger partial charge in [-0.1, -0.05) is 29.8 Å². The third-order valence-electron chi connectivity index (χ3n) is 4.08. The summed E-state index contributed by atoms with van der Waals surface area (Å²) in [5.74, 6) is 1.04. The van der Waals surface area contributed by atoms with E-state index in [2.05, 4.69) is 5.32 Å². The van der Waals surface area contributed by atoms with Crippen LogP contribution in [0.4, 0.5) is 5.69 Å². The van der Waals surface area contributed by atoms with Gasteiger partial charge in [-0.15, -0.1) is 0 Å². The minimum absolute atomic E-state index is 0.160. The van der Waals surface area contributed by atoms with Gasteiger partial charge in [-0.3, -0.25) is 4.79 Å². The van der Waals surface area contributed by atoms with Crippen LogP contribution in [0.2, 0.25) is 5.02 Å². The van der Waals surface area contributed by atoms with Crippen LogP contribution in [-0.4, -0.2) is 20.1 Å². The molecule has 1 N–H and O–H groups in total. The lowest BCUT2D eigenvalue weighted by atomic mass is 9.83. The number of carbonyl (C=O) groups excluding carboxylic acids is 1. The van der Waals surface area contributed by atoms with Crippen molar-refractivity contribution in [1.29, 1.82) is 0 Å². The van der Waals surface area contributed by atoms with E-state index in [9.17, 15) is 4.79 Å². The lowest BCUT2D eigenvalue weighted by Crippen LogP contribution is -2.35. The lowest BCUT2D eigenvalue weighted by Gasteiger charge is -2.26. The van der Waals surface area contributed by atoms with Gasteiger partial charge in [-0.05, 0) is 38.5 Å². The molecule has 0 fully saturated rings. The summed E-state index contributed by atoms with van der Waals surface area (Å²) < 4.78 is 10.7. The molecule has 0 bridgehead atoms. The molecule has 0 heterocycles. The maximum absolute atomic E-state index is 12.9. The molecule has 2 aromatic rings. The van der Waals surface area contributed by atoms with Crippen molar-refractivity contribution < 1.29 is 14.3 Å². The molecular weight excluding hydrogens is 326 g/mol. The predicted molar refractivity (Wildman–Crippen MR) is 97.4 cm³/mol. The van der Waals surface area contributed by atoms with Crippen LogP contribution in [0.15, 0.2) is 36.4 Å². The Morgan fingerprint density at radius 2 is 1.71 bits per heavy atom. The summed E-state index contributed by atoms with van der Waals surface area (Å²) >= 11 is 6.12. The highest BCUT2D eigenvalue weighted by molar-refractivity contribution is 6.31. The zero-order valence-corrected chi connectivity index (χ0v) is 15.3. The zero-order chi connectivity index (χ0) is 17.9. The van der Waals surface area contributed by atoms with Crippen molar-refractivity contribution in [2.45, 2.75) is 26.2 Å². The largest absolute Gasteiger partial charge is 0.496 e. The highest BCUT2D eigenvalue weighted by Gasteiger charge is 2.33. The molecule has 0 aliphatic rings. The van der Waals surface area contributed by atoms with Gasteiger partial charge in [0.15, 0.2) is 0 Å². The Hall–Kier alpha value is -2.20. The van der Waals surface area contributed by atoms with E-state index in [1.165, 1.54) is 0 Å². The molecule has 0 saturated heterocycles. The molecule has 2 rings (SSSR count). The van der Waals surface area contributed by atoms with Crippen molar-refractivity contribution in [3.63, 3.8) is 0 Å². The fourth-order valence-electron chi connectivity index (χ4n) is 2.49. The van der Waals surface area contributed by atoms with Crippen LogP contribution >= 0.6 is 11.6 Å². The van der Waals surface area contributed by atoms with Crippen LogP contribution in [0.25, 0.3) is 0 Å². The molecule has 0 aliphatic carbocycles. The molecule has 2 aromatic carbocycles. The summed E-state index contributed by atoms with van der Waals surface area (Å²) in [6.45, 7) is 5.59. The van der Waals surface area contributed by atoms with E-state index >= 15 is 0 Å². The van der Waals surface area contributed by atoms with Gasteiger partial charge in [-0.25, -0.2) is 0 Å². The van der Waals surface area contributed by atoms with E-state index in [1.54, 1.807) is 26.4 Å². The number of halogens is 1. The highest BCUT2D eigenvalue weighted by Crippen LogP contribution is 2.35. The predicted octanol–water partition coefficient (Wildman–Crippen LogP) is 4.58. The first-order chi connectivity index (χ1) is 11.3. The van der Waals surface area contributed by atoms with E-state index in [-0.39, 0.29) is 5.91 Å². The average Bonchev–Trinajstić information content (AvgIpc) is 2.57. The topological polar surface area (TPSA) is 47.6 Å². The third kappa shape index (κ3) is 3.49. The van der Waals surface area contributed by atoms with E-state index in [4.69, 9.17) is 21.1 Å². The van der Waals surface area contributed by atoms with Crippen molar-refractivity contribution in [3.05, 3.63) is 52.5 Å². The molecule has 4 nitrogen and oxygen atoms in total. The third-order valence-corrected chi connectivity index (χ3v) is 4.48. The Kier molecular flexibility index (Phi) is 5.40. The molecule has 0 radical (unpaired) electrons. The van der Waals surface area contributed by atoms with Crippen molar-refractivity contribution in [1.82, 2.24) is 0 Å². The van der Waals surface area contributed by atoms with Gasteiger partial charge in [0.2, 0.25) is 5.91 Å². The number of nitrogens with one attached hydrogen (secondary N) is 1. The van der Waals surface area contributed by atoms with Crippen molar-refractivity contribution in [3.8, 4) is 11.5 Å².